The Labute approximate surface area is 207 Å². The summed E-state index contributed by atoms with van der Waals surface area (Å²) >= 11 is 0. The van der Waals surface area contributed by atoms with Gasteiger partial charge in [0.2, 0.25) is 5.91 Å². The zero-order chi connectivity index (χ0) is 25.5. The van der Waals surface area contributed by atoms with E-state index in [2.05, 4.69) is 10.3 Å². The van der Waals surface area contributed by atoms with Crippen LogP contribution in [0.1, 0.15) is 18.9 Å². The maximum Gasteiger partial charge on any atom is 0.413 e. The first-order valence-corrected chi connectivity index (χ1v) is 11.6. The standard InChI is InChI=1S/C25H27FN4O6/c1-2-35-19-13-24(30(15-19)22(31)8-5-17-4-3-9-27-14-17)36-25(33)28-21-7-6-18(12-20(21)26)29-10-11-34-16-23(29)32/h3-9,12,14,19,24H,2,10-11,13,15-16H2,1H3,(H,28,33)/t19-,24-/m1/s1. The second-order valence-corrected chi connectivity index (χ2v) is 8.17. The lowest BCUT2D eigenvalue weighted by molar-refractivity contribution is -0.132. The predicted molar refractivity (Wildman–Crippen MR) is 128 cm³/mol. The van der Waals surface area contributed by atoms with Crippen LogP contribution in [0.15, 0.2) is 48.8 Å². The number of amides is 3. The van der Waals surface area contributed by atoms with E-state index >= 15 is 0 Å². The molecule has 0 spiro atoms. The van der Waals surface area contributed by atoms with E-state index < -0.39 is 18.1 Å². The lowest BCUT2D eigenvalue weighted by atomic mass is 10.2. The number of nitrogens with one attached hydrogen (secondary N) is 1. The van der Waals surface area contributed by atoms with Gasteiger partial charge in [0.1, 0.15) is 12.4 Å². The fourth-order valence-electron chi connectivity index (χ4n) is 4.03. The molecule has 4 rings (SSSR count). The summed E-state index contributed by atoms with van der Waals surface area (Å²) in [6.07, 6.45) is 4.43. The van der Waals surface area contributed by atoms with E-state index in [9.17, 15) is 18.8 Å². The lowest BCUT2D eigenvalue weighted by Crippen LogP contribution is -2.41. The number of nitrogens with zero attached hydrogens (tertiary/aromatic N) is 3. The molecule has 0 saturated carbocycles. The predicted octanol–water partition coefficient (Wildman–Crippen LogP) is 2.81. The third-order valence-electron chi connectivity index (χ3n) is 5.73. The molecule has 3 amide bonds. The molecule has 1 N–H and O–H groups in total. The number of hydrogen-bond donors (Lipinski definition) is 1. The van der Waals surface area contributed by atoms with Crippen LogP contribution in [0.4, 0.5) is 20.6 Å². The molecule has 0 bridgehead atoms. The Hall–Kier alpha value is -3.83. The highest BCUT2D eigenvalue weighted by atomic mass is 19.1. The monoisotopic (exact) mass is 498 g/mol. The molecule has 0 aliphatic carbocycles. The molecule has 2 aliphatic heterocycles. The Kier molecular flexibility index (Phi) is 8.24. The minimum absolute atomic E-state index is 0.0648. The van der Waals surface area contributed by atoms with Crippen LogP contribution < -0.4 is 10.2 Å². The Morgan fingerprint density at radius 3 is 2.92 bits per heavy atom. The van der Waals surface area contributed by atoms with Crippen LogP contribution >= 0.6 is 0 Å². The van der Waals surface area contributed by atoms with E-state index in [1.165, 1.54) is 34.1 Å². The van der Waals surface area contributed by atoms with Gasteiger partial charge in [-0.15, -0.1) is 0 Å². The highest BCUT2D eigenvalue weighted by molar-refractivity contribution is 5.95. The summed E-state index contributed by atoms with van der Waals surface area (Å²) in [6, 6.07) is 7.61. The number of likely N-dealkylation sites (tertiary alicyclic amines) is 1. The van der Waals surface area contributed by atoms with Gasteiger partial charge in [0.25, 0.3) is 5.91 Å². The van der Waals surface area contributed by atoms with Crippen LogP contribution in [0.25, 0.3) is 6.08 Å². The molecule has 2 aliphatic rings. The molecule has 3 heterocycles. The van der Waals surface area contributed by atoms with Gasteiger partial charge in [0, 0.05) is 43.7 Å². The van der Waals surface area contributed by atoms with E-state index in [1.54, 1.807) is 30.6 Å². The van der Waals surface area contributed by atoms with Gasteiger partial charge in [-0.2, -0.15) is 0 Å². The van der Waals surface area contributed by atoms with Crippen LogP contribution in [0, 0.1) is 5.82 Å². The van der Waals surface area contributed by atoms with Crippen molar-refractivity contribution >= 4 is 35.4 Å². The maximum absolute atomic E-state index is 14.7. The minimum Gasteiger partial charge on any atom is -0.425 e. The summed E-state index contributed by atoms with van der Waals surface area (Å²) < 4.78 is 30.9. The van der Waals surface area contributed by atoms with Gasteiger partial charge in [0.05, 0.1) is 24.9 Å². The molecule has 36 heavy (non-hydrogen) atoms. The zero-order valence-corrected chi connectivity index (χ0v) is 19.8. The Morgan fingerprint density at radius 2 is 2.19 bits per heavy atom. The van der Waals surface area contributed by atoms with Crippen molar-refractivity contribution in [2.45, 2.75) is 25.7 Å². The molecule has 1 aromatic carbocycles. The van der Waals surface area contributed by atoms with E-state index in [-0.39, 0.29) is 43.2 Å². The molecule has 2 atom stereocenters. The average molecular weight is 499 g/mol. The fraction of sp³-hybridized carbons (Fsp3) is 0.360. The number of aromatic nitrogens is 1. The molecular formula is C25H27FN4O6. The number of ether oxygens (including phenoxy) is 3. The van der Waals surface area contributed by atoms with Crippen LogP contribution in [0.5, 0.6) is 0 Å². The summed E-state index contributed by atoms with van der Waals surface area (Å²) in [5.74, 6) is -1.35. The molecule has 2 aromatic rings. The second kappa shape index (κ2) is 11.7. The molecule has 1 aromatic heterocycles. The van der Waals surface area contributed by atoms with Gasteiger partial charge >= 0.3 is 6.09 Å². The number of carbonyl (C=O) groups excluding carboxylic acids is 3. The normalized spacial score (nSPS) is 20.1. The summed E-state index contributed by atoms with van der Waals surface area (Å²) in [5, 5.41) is 2.37. The molecule has 0 radical (unpaired) electrons. The van der Waals surface area contributed by atoms with Gasteiger partial charge < -0.3 is 24.0 Å². The van der Waals surface area contributed by atoms with E-state index in [0.717, 1.165) is 5.56 Å². The maximum atomic E-state index is 14.7. The number of benzene rings is 1. The smallest absolute Gasteiger partial charge is 0.413 e. The quantitative estimate of drug-likeness (QED) is 0.585. The van der Waals surface area contributed by atoms with Crippen molar-refractivity contribution in [1.29, 1.82) is 0 Å². The van der Waals surface area contributed by atoms with Crippen molar-refractivity contribution in [3.8, 4) is 0 Å². The first-order valence-electron chi connectivity index (χ1n) is 11.6. The summed E-state index contributed by atoms with van der Waals surface area (Å²) in [6.45, 7) is 3.14. The van der Waals surface area contributed by atoms with Crippen LogP contribution in [0.3, 0.4) is 0 Å². The van der Waals surface area contributed by atoms with E-state index in [0.29, 0.717) is 25.4 Å². The Bertz CT molecular complexity index is 1130. The van der Waals surface area contributed by atoms with Crippen molar-refractivity contribution in [2.24, 2.45) is 0 Å². The zero-order valence-electron chi connectivity index (χ0n) is 19.8. The van der Waals surface area contributed by atoms with Gasteiger partial charge in [-0.25, -0.2) is 9.18 Å². The minimum atomic E-state index is -0.916. The molecule has 11 heteroatoms. The van der Waals surface area contributed by atoms with Gasteiger partial charge in [0.15, 0.2) is 6.23 Å². The third kappa shape index (κ3) is 6.23. The highest BCUT2D eigenvalue weighted by Gasteiger charge is 2.37. The summed E-state index contributed by atoms with van der Waals surface area (Å²) in [4.78, 5) is 44.2. The number of rotatable bonds is 7. The molecule has 10 nitrogen and oxygen atoms in total. The number of carbonyl (C=O) groups is 3. The molecule has 0 unspecified atom stereocenters. The first kappa shape index (κ1) is 25.3. The lowest BCUT2D eigenvalue weighted by Gasteiger charge is -2.27. The van der Waals surface area contributed by atoms with Gasteiger partial charge in [-0.1, -0.05) is 6.07 Å². The number of pyridine rings is 1. The van der Waals surface area contributed by atoms with Crippen LogP contribution in [-0.2, 0) is 23.8 Å². The molecular weight excluding hydrogens is 471 g/mol. The molecule has 2 fully saturated rings. The number of halogens is 1. The van der Waals surface area contributed by atoms with Gasteiger partial charge in [-0.3, -0.25) is 19.9 Å². The van der Waals surface area contributed by atoms with Crippen LogP contribution in [-0.4, -0.2) is 73.0 Å². The van der Waals surface area contributed by atoms with Crippen molar-refractivity contribution in [2.75, 3.05) is 43.1 Å². The van der Waals surface area contributed by atoms with Gasteiger partial charge in [-0.05, 0) is 42.8 Å². The van der Waals surface area contributed by atoms with Crippen LogP contribution in [0.2, 0.25) is 0 Å². The summed E-state index contributed by atoms with van der Waals surface area (Å²) in [7, 11) is 0. The first-order chi connectivity index (χ1) is 17.4. The van der Waals surface area contributed by atoms with Crippen molar-refractivity contribution < 1.29 is 33.0 Å². The number of anilines is 2. The number of morpholine rings is 1. The van der Waals surface area contributed by atoms with Crippen molar-refractivity contribution in [1.82, 2.24) is 9.88 Å². The second-order valence-electron chi connectivity index (χ2n) is 8.17. The summed E-state index contributed by atoms with van der Waals surface area (Å²) in [5.41, 5.74) is 1.00. The Morgan fingerprint density at radius 1 is 1.33 bits per heavy atom. The topological polar surface area (TPSA) is 110 Å². The Balaban J connectivity index is 1.40. The third-order valence-corrected chi connectivity index (χ3v) is 5.73. The number of hydrogen-bond acceptors (Lipinski definition) is 7. The van der Waals surface area contributed by atoms with Crippen molar-refractivity contribution in [3.05, 3.63) is 60.2 Å². The van der Waals surface area contributed by atoms with E-state index in [4.69, 9.17) is 14.2 Å². The fourth-order valence-corrected chi connectivity index (χ4v) is 4.03. The van der Waals surface area contributed by atoms with Crippen molar-refractivity contribution in [3.63, 3.8) is 0 Å². The average Bonchev–Trinajstić information content (AvgIpc) is 3.27. The molecule has 190 valence electrons. The largest absolute Gasteiger partial charge is 0.425 e. The van der Waals surface area contributed by atoms with E-state index in [1.807, 2.05) is 6.92 Å². The SMILES string of the molecule is CCO[C@@H]1C[C@@H](OC(=O)Nc2ccc(N3CCOCC3=O)cc2F)N(C(=O)C=Cc2cccnc2)C1. The molecule has 2 saturated heterocycles. The highest BCUT2D eigenvalue weighted by Crippen LogP contribution is 2.25.